The zero-order valence-corrected chi connectivity index (χ0v) is 14.5. The van der Waals surface area contributed by atoms with Gasteiger partial charge in [0.2, 0.25) is 0 Å². The van der Waals surface area contributed by atoms with Gasteiger partial charge in [-0.1, -0.05) is 36.4 Å². The first-order valence-corrected chi connectivity index (χ1v) is 8.08. The SMILES string of the molecule is Cc1ccccc1C(=O)N/N=C\c1c(C)nn(-c2ccccc2)c1C. The van der Waals surface area contributed by atoms with E-state index in [1.807, 2.05) is 74.0 Å². The summed E-state index contributed by atoms with van der Waals surface area (Å²) < 4.78 is 1.87. The van der Waals surface area contributed by atoms with E-state index in [4.69, 9.17) is 0 Å². The standard InChI is InChI=1S/C20H20N4O/c1-14-9-7-8-12-18(14)20(25)22-21-13-19-15(2)23-24(16(19)3)17-10-5-4-6-11-17/h4-13H,1-3H3,(H,22,25)/b21-13-. The van der Waals surface area contributed by atoms with Gasteiger partial charge in [0, 0.05) is 11.1 Å². The number of benzene rings is 2. The zero-order valence-electron chi connectivity index (χ0n) is 14.5. The fraction of sp³-hybridized carbons (Fsp3) is 0.150. The summed E-state index contributed by atoms with van der Waals surface area (Å²) in [6.07, 6.45) is 1.65. The van der Waals surface area contributed by atoms with Crippen molar-refractivity contribution in [3.05, 3.63) is 82.7 Å². The predicted molar refractivity (Wildman–Crippen MR) is 99.3 cm³/mol. The number of para-hydroxylation sites is 1. The van der Waals surface area contributed by atoms with Crippen molar-refractivity contribution >= 4 is 12.1 Å². The number of aromatic nitrogens is 2. The van der Waals surface area contributed by atoms with E-state index in [1.165, 1.54) is 0 Å². The summed E-state index contributed by atoms with van der Waals surface area (Å²) in [5, 5.41) is 8.67. The summed E-state index contributed by atoms with van der Waals surface area (Å²) in [7, 11) is 0. The maximum atomic E-state index is 12.2. The van der Waals surface area contributed by atoms with Crippen LogP contribution in [0.25, 0.3) is 5.69 Å². The number of rotatable bonds is 4. The molecule has 1 heterocycles. The van der Waals surface area contributed by atoms with Gasteiger partial charge in [0.05, 0.1) is 23.3 Å². The van der Waals surface area contributed by atoms with Crippen LogP contribution in [0.15, 0.2) is 59.7 Å². The molecule has 0 aliphatic carbocycles. The van der Waals surface area contributed by atoms with Crippen LogP contribution in [-0.4, -0.2) is 21.9 Å². The van der Waals surface area contributed by atoms with E-state index in [2.05, 4.69) is 15.6 Å². The molecule has 5 heteroatoms. The smallest absolute Gasteiger partial charge is 0.267 e. The normalized spacial score (nSPS) is 11.0. The molecule has 0 unspecified atom stereocenters. The summed E-state index contributed by atoms with van der Waals surface area (Å²) in [6, 6.07) is 17.3. The van der Waals surface area contributed by atoms with Crippen LogP contribution in [0, 0.1) is 20.8 Å². The quantitative estimate of drug-likeness (QED) is 0.586. The lowest BCUT2D eigenvalue weighted by atomic mass is 10.1. The van der Waals surface area contributed by atoms with E-state index in [1.54, 1.807) is 12.3 Å². The van der Waals surface area contributed by atoms with Crippen molar-refractivity contribution in [1.29, 1.82) is 0 Å². The zero-order chi connectivity index (χ0) is 17.8. The van der Waals surface area contributed by atoms with E-state index in [0.29, 0.717) is 5.56 Å². The largest absolute Gasteiger partial charge is 0.271 e. The molecular formula is C20H20N4O. The van der Waals surface area contributed by atoms with Gasteiger partial charge in [0.25, 0.3) is 5.91 Å². The van der Waals surface area contributed by atoms with Crippen LogP contribution < -0.4 is 5.43 Å². The van der Waals surface area contributed by atoms with Gasteiger partial charge in [0.1, 0.15) is 0 Å². The first-order valence-electron chi connectivity index (χ1n) is 8.08. The molecule has 0 fully saturated rings. The number of nitrogens with zero attached hydrogens (tertiary/aromatic N) is 3. The van der Waals surface area contributed by atoms with E-state index < -0.39 is 0 Å². The molecule has 1 N–H and O–H groups in total. The maximum absolute atomic E-state index is 12.2. The second-order valence-corrected chi connectivity index (χ2v) is 5.85. The highest BCUT2D eigenvalue weighted by Crippen LogP contribution is 2.16. The molecule has 0 atom stereocenters. The van der Waals surface area contributed by atoms with Crippen molar-refractivity contribution < 1.29 is 4.79 Å². The van der Waals surface area contributed by atoms with Crippen LogP contribution in [-0.2, 0) is 0 Å². The Labute approximate surface area is 147 Å². The van der Waals surface area contributed by atoms with Gasteiger partial charge in [-0.2, -0.15) is 10.2 Å². The minimum atomic E-state index is -0.222. The third kappa shape index (κ3) is 3.50. The summed E-state index contributed by atoms with van der Waals surface area (Å²) in [4.78, 5) is 12.2. The number of hydrazone groups is 1. The number of nitrogens with one attached hydrogen (secondary N) is 1. The number of hydrogen-bond acceptors (Lipinski definition) is 3. The lowest BCUT2D eigenvalue weighted by Crippen LogP contribution is -2.18. The summed E-state index contributed by atoms with van der Waals surface area (Å²) in [6.45, 7) is 5.81. The molecule has 0 aliphatic rings. The van der Waals surface area contributed by atoms with E-state index >= 15 is 0 Å². The monoisotopic (exact) mass is 332 g/mol. The van der Waals surface area contributed by atoms with Crippen molar-refractivity contribution in [2.24, 2.45) is 5.10 Å². The summed E-state index contributed by atoms with van der Waals surface area (Å²) >= 11 is 0. The predicted octanol–water partition coefficient (Wildman–Crippen LogP) is 3.56. The van der Waals surface area contributed by atoms with Crippen molar-refractivity contribution in [1.82, 2.24) is 15.2 Å². The molecule has 1 amide bonds. The van der Waals surface area contributed by atoms with Gasteiger partial charge in [0.15, 0.2) is 0 Å². The molecule has 0 bridgehead atoms. The van der Waals surface area contributed by atoms with Crippen molar-refractivity contribution in [2.75, 3.05) is 0 Å². The fourth-order valence-electron chi connectivity index (χ4n) is 2.71. The first kappa shape index (κ1) is 16.6. The highest BCUT2D eigenvalue weighted by Gasteiger charge is 2.11. The minimum absolute atomic E-state index is 0.222. The van der Waals surface area contributed by atoms with Gasteiger partial charge < -0.3 is 0 Å². The Kier molecular flexibility index (Phi) is 4.75. The summed E-state index contributed by atoms with van der Waals surface area (Å²) in [5.74, 6) is -0.222. The average molecular weight is 332 g/mol. The van der Waals surface area contributed by atoms with Crippen molar-refractivity contribution in [2.45, 2.75) is 20.8 Å². The van der Waals surface area contributed by atoms with Gasteiger partial charge in [-0.15, -0.1) is 0 Å². The molecule has 0 radical (unpaired) electrons. The van der Waals surface area contributed by atoms with Crippen LogP contribution in [0.4, 0.5) is 0 Å². The third-order valence-electron chi connectivity index (χ3n) is 4.10. The first-order chi connectivity index (χ1) is 12.1. The highest BCUT2D eigenvalue weighted by molar-refractivity contribution is 5.96. The van der Waals surface area contributed by atoms with Crippen LogP contribution in [0.2, 0.25) is 0 Å². The van der Waals surface area contributed by atoms with Crippen molar-refractivity contribution in [3.8, 4) is 5.69 Å². The molecule has 0 saturated heterocycles. The van der Waals surface area contributed by atoms with Crippen molar-refractivity contribution in [3.63, 3.8) is 0 Å². The maximum Gasteiger partial charge on any atom is 0.271 e. The lowest BCUT2D eigenvalue weighted by Gasteiger charge is -2.04. The fourth-order valence-corrected chi connectivity index (χ4v) is 2.71. The molecule has 25 heavy (non-hydrogen) atoms. The van der Waals surface area contributed by atoms with E-state index in [-0.39, 0.29) is 5.91 Å². The Morgan fingerprint density at radius 3 is 2.44 bits per heavy atom. The Balaban J connectivity index is 1.80. The molecule has 5 nitrogen and oxygen atoms in total. The second-order valence-electron chi connectivity index (χ2n) is 5.85. The van der Waals surface area contributed by atoms with Crippen LogP contribution in [0.1, 0.15) is 32.9 Å². The second kappa shape index (κ2) is 7.13. The molecule has 0 spiro atoms. The molecule has 3 aromatic rings. The molecule has 0 saturated carbocycles. The van der Waals surface area contributed by atoms with Crippen LogP contribution in [0.3, 0.4) is 0 Å². The number of aryl methyl sites for hydroxylation is 2. The molecule has 126 valence electrons. The number of hydrogen-bond donors (Lipinski definition) is 1. The van der Waals surface area contributed by atoms with E-state index in [9.17, 15) is 4.79 Å². The summed E-state index contributed by atoms with van der Waals surface area (Å²) in [5.41, 5.74) is 7.84. The Morgan fingerprint density at radius 2 is 1.72 bits per heavy atom. The Morgan fingerprint density at radius 1 is 1.04 bits per heavy atom. The number of carbonyl (C=O) groups is 1. The van der Waals surface area contributed by atoms with E-state index in [0.717, 1.165) is 28.2 Å². The average Bonchev–Trinajstić information content (AvgIpc) is 2.91. The Bertz CT molecular complexity index is 926. The minimum Gasteiger partial charge on any atom is -0.267 e. The van der Waals surface area contributed by atoms with Gasteiger partial charge >= 0.3 is 0 Å². The molecule has 0 aliphatic heterocycles. The third-order valence-corrected chi connectivity index (χ3v) is 4.10. The molecule has 1 aromatic heterocycles. The molecule has 2 aromatic carbocycles. The van der Waals surface area contributed by atoms with Crippen LogP contribution in [0.5, 0.6) is 0 Å². The molecule has 3 rings (SSSR count). The number of carbonyl (C=O) groups excluding carboxylic acids is 1. The topological polar surface area (TPSA) is 59.3 Å². The molecular weight excluding hydrogens is 312 g/mol. The lowest BCUT2D eigenvalue weighted by molar-refractivity contribution is 0.0954. The van der Waals surface area contributed by atoms with Gasteiger partial charge in [-0.05, 0) is 44.5 Å². The Hall–Kier alpha value is -3.21. The van der Waals surface area contributed by atoms with Crippen LogP contribution >= 0.6 is 0 Å². The number of amides is 1. The highest BCUT2D eigenvalue weighted by atomic mass is 16.2. The van der Waals surface area contributed by atoms with Gasteiger partial charge in [-0.3, -0.25) is 4.79 Å². The van der Waals surface area contributed by atoms with Gasteiger partial charge in [-0.25, -0.2) is 10.1 Å².